The Labute approximate surface area is 222 Å². The van der Waals surface area contributed by atoms with Gasteiger partial charge in [-0.3, -0.25) is 14.5 Å². The number of fused-ring (bicyclic) bond motifs is 1. The molecule has 4 rings (SSSR count). The number of benzene rings is 3. The van der Waals surface area contributed by atoms with Crippen LogP contribution in [0.4, 0.5) is 4.79 Å². The first-order valence-electron chi connectivity index (χ1n) is 11.3. The van der Waals surface area contributed by atoms with Crippen LogP contribution >= 0.6 is 34.4 Å². The minimum Gasteiger partial charge on any atom is -0.490 e. The van der Waals surface area contributed by atoms with Gasteiger partial charge in [-0.2, -0.15) is 0 Å². The van der Waals surface area contributed by atoms with E-state index in [2.05, 4.69) is 46.9 Å². The third-order valence-corrected chi connectivity index (χ3v) is 7.19. The molecule has 0 spiro atoms. The molecule has 6 nitrogen and oxygen atoms in total. The van der Waals surface area contributed by atoms with Gasteiger partial charge in [0.25, 0.3) is 11.1 Å². The van der Waals surface area contributed by atoms with Crippen LogP contribution in [0.2, 0.25) is 0 Å². The standard InChI is InChI=1S/C27H26INO5S/c1-3-33-23-15-18(16-24-26(30)29(27(31)35-24)12-7-13-32-2)14-22(28)25(23)34-17-20-10-6-9-19-8-4-5-11-21(19)20/h4-6,8-11,14-16H,3,7,12-13,17H2,1-2H3/b24-16+. The van der Waals surface area contributed by atoms with Crippen molar-refractivity contribution in [2.45, 2.75) is 20.0 Å². The first-order valence-corrected chi connectivity index (χ1v) is 13.2. The molecule has 1 heterocycles. The molecule has 0 unspecified atom stereocenters. The Morgan fingerprint density at radius 1 is 1.06 bits per heavy atom. The summed E-state index contributed by atoms with van der Waals surface area (Å²) in [6.45, 7) is 3.63. The number of imide groups is 1. The highest BCUT2D eigenvalue weighted by atomic mass is 127. The molecule has 1 aliphatic heterocycles. The van der Waals surface area contributed by atoms with Crippen molar-refractivity contribution in [2.75, 3.05) is 26.9 Å². The summed E-state index contributed by atoms with van der Waals surface area (Å²) in [6.07, 6.45) is 2.34. The van der Waals surface area contributed by atoms with Crippen molar-refractivity contribution in [2.24, 2.45) is 0 Å². The maximum atomic E-state index is 12.8. The molecule has 0 bridgehead atoms. The second kappa shape index (κ2) is 11.9. The van der Waals surface area contributed by atoms with Gasteiger partial charge < -0.3 is 14.2 Å². The highest BCUT2D eigenvalue weighted by Crippen LogP contribution is 2.38. The van der Waals surface area contributed by atoms with Crippen molar-refractivity contribution in [3.05, 3.63) is 74.2 Å². The molecule has 3 aromatic rings. The second-order valence-corrected chi connectivity index (χ2v) is 10.0. The summed E-state index contributed by atoms with van der Waals surface area (Å²) in [4.78, 5) is 26.8. The summed E-state index contributed by atoms with van der Waals surface area (Å²) in [6, 6.07) is 18.2. The van der Waals surface area contributed by atoms with Crippen molar-refractivity contribution >= 4 is 62.3 Å². The van der Waals surface area contributed by atoms with Gasteiger partial charge in [-0.05, 0) is 87.8 Å². The van der Waals surface area contributed by atoms with Gasteiger partial charge in [-0.25, -0.2) is 0 Å². The number of rotatable bonds is 10. The number of hydrogen-bond acceptors (Lipinski definition) is 6. The van der Waals surface area contributed by atoms with Crippen molar-refractivity contribution in [3.8, 4) is 11.5 Å². The highest BCUT2D eigenvalue weighted by molar-refractivity contribution is 14.1. The average Bonchev–Trinajstić information content (AvgIpc) is 3.11. The Morgan fingerprint density at radius 3 is 2.66 bits per heavy atom. The van der Waals surface area contributed by atoms with Gasteiger partial charge in [0.1, 0.15) is 6.61 Å². The van der Waals surface area contributed by atoms with Crippen LogP contribution in [0.3, 0.4) is 0 Å². The maximum absolute atomic E-state index is 12.8. The lowest BCUT2D eigenvalue weighted by Crippen LogP contribution is -2.29. The number of ether oxygens (including phenoxy) is 3. The quantitative estimate of drug-likeness (QED) is 0.150. The lowest BCUT2D eigenvalue weighted by atomic mass is 10.1. The monoisotopic (exact) mass is 603 g/mol. The fourth-order valence-electron chi connectivity index (χ4n) is 3.85. The van der Waals surface area contributed by atoms with E-state index in [1.807, 2.05) is 37.3 Å². The molecule has 0 saturated carbocycles. The summed E-state index contributed by atoms with van der Waals surface area (Å²) < 4.78 is 18.0. The first-order chi connectivity index (χ1) is 17.0. The lowest BCUT2D eigenvalue weighted by Gasteiger charge is -2.16. The Morgan fingerprint density at radius 2 is 1.86 bits per heavy atom. The van der Waals surface area contributed by atoms with E-state index in [0.717, 1.165) is 31.8 Å². The van der Waals surface area contributed by atoms with Gasteiger partial charge in [0.05, 0.1) is 15.1 Å². The number of carbonyl (C=O) groups excluding carboxylic acids is 2. The fraction of sp³-hybridized carbons (Fsp3) is 0.259. The summed E-state index contributed by atoms with van der Waals surface area (Å²) in [7, 11) is 1.60. The summed E-state index contributed by atoms with van der Waals surface area (Å²) >= 11 is 3.17. The topological polar surface area (TPSA) is 65.1 Å². The van der Waals surface area contributed by atoms with Crippen LogP contribution in [-0.2, 0) is 16.1 Å². The zero-order valence-corrected chi connectivity index (χ0v) is 22.6. The smallest absolute Gasteiger partial charge is 0.293 e. The Balaban J connectivity index is 1.56. The van der Waals surface area contributed by atoms with Gasteiger partial charge in [-0.1, -0.05) is 42.5 Å². The highest BCUT2D eigenvalue weighted by Gasteiger charge is 2.34. The minimum atomic E-state index is -0.277. The van der Waals surface area contributed by atoms with Crippen molar-refractivity contribution in [1.29, 1.82) is 0 Å². The molecule has 0 radical (unpaired) electrons. The molecule has 3 aromatic carbocycles. The third kappa shape index (κ3) is 5.99. The Bertz CT molecular complexity index is 1270. The van der Waals surface area contributed by atoms with Crippen LogP contribution in [0, 0.1) is 3.57 Å². The van der Waals surface area contributed by atoms with Crippen LogP contribution in [0.25, 0.3) is 16.8 Å². The molecule has 2 amide bonds. The zero-order valence-electron chi connectivity index (χ0n) is 19.6. The number of hydrogen-bond donors (Lipinski definition) is 0. The first kappa shape index (κ1) is 25.5. The van der Waals surface area contributed by atoms with Crippen LogP contribution in [0.1, 0.15) is 24.5 Å². The Hall–Kier alpha value is -2.56. The number of carbonyl (C=O) groups is 2. The molecule has 8 heteroatoms. The average molecular weight is 603 g/mol. The summed E-state index contributed by atoms with van der Waals surface area (Å²) in [5.74, 6) is 0.982. The number of nitrogens with zero attached hydrogens (tertiary/aromatic N) is 1. The van der Waals surface area contributed by atoms with E-state index in [4.69, 9.17) is 14.2 Å². The van der Waals surface area contributed by atoms with Crippen LogP contribution < -0.4 is 9.47 Å². The molecule has 0 aliphatic carbocycles. The molecular weight excluding hydrogens is 577 g/mol. The SMILES string of the molecule is CCOc1cc(/C=C2/SC(=O)N(CCCOC)C2=O)cc(I)c1OCc1cccc2ccccc12. The molecule has 0 N–H and O–H groups in total. The summed E-state index contributed by atoms with van der Waals surface area (Å²) in [5, 5.41) is 2.06. The van der Waals surface area contributed by atoms with Crippen LogP contribution in [0.5, 0.6) is 11.5 Å². The van der Waals surface area contributed by atoms with E-state index in [0.29, 0.717) is 49.2 Å². The molecule has 1 aliphatic rings. The van der Waals surface area contributed by atoms with E-state index in [1.54, 1.807) is 13.2 Å². The predicted molar refractivity (Wildman–Crippen MR) is 148 cm³/mol. The number of methoxy groups -OCH3 is 1. The maximum Gasteiger partial charge on any atom is 0.293 e. The normalized spacial score (nSPS) is 14.8. The van der Waals surface area contributed by atoms with Crippen molar-refractivity contribution in [1.82, 2.24) is 4.90 Å². The molecule has 0 atom stereocenters. The molecule has 1 saturated heterocycles. The van der Waals surface area contributed by atoms with Gasteiger partial charge in [0.15, 0.2) is 11.5 Å². The third-order valence-electron chi connectivity index (χ3n) is 5.49. The fourth-order valence-corrected chi connectivity index (χ4v) is 5.50. The molecular formula is C27H26INO5S. The van der Waals surface area contributed by atoms with Crippen LogP contribution in [-0.4, -0.2) is 42.9 Å². The lowest BCUT2D eigenvalue weighted by molar-refractivity contribution is -0.122. The number of halogens is 1. The van der Waals surface area contributed by atoms with Gasteiger partial charge in [0, 0.05) is 20.3 Å². The van der Waals surface area contributed by atoms with Crippen LogP contribution in [0.15, 0.2) is 59.5 Å². The predicted octanol–water partition coefficient (Wildman–Crippen LogP) is 6.49. The van der Waals surface area contributed by atoms with E-state index >= 15 is 0 Å². The number of amides is 2. The van der Waals surface area contributed by atoms with E-state index in [9.17, 15) is 9.59 Å². The Kier molecular flexibility index (Phi) is 8.69. The molecule has 182 valence electrons. The largest absolute Gasteiger partial charge is 0.490 e. The van der Waals surface area contributed by atoms with Crippen molar-refractivity contribution < 1.29 is 23.8 Å². The van der Waals surface area contributed by atoms with Gasteiger partial charge in [0.2, 0.25) is 0 Å². The molecule has 1 fully saturated rings. The molecule has 0 aromatic heterocycles. The number of thioether (sulfide) groups is 1. The van der Waals surface area contributed by atoms with E-state index in [1.165, 1.54) is 10.3 Å². The van der Waals surface area contributed by atoms with E-state index < -0.39 is 0 Å². The second-order valence-electron chi connectivity index (χ2n) is 7.87. The van der Waals surface area contributed by atoms with Gasteiger partial charge in [-0.15, -0.1) is 0 Å². The minimum absolute atomic E-state index is 0.257. The van der Waals surface area contributed by atoms with E-state index in [-0.39, 0.29) is 11.1 Å². The summed E-state index contributed by atoms with van der Waals surface area (Å²) in [5.41, 5.74) is 1.87. The zero-order chi connectivity index (χ0) is 24.8. The molecule has 35 heavy (non-hydrogen) atoms. The van der Waals surface area contributed by atoms with Crippen molar-refractivity contribution in [3.63, 3.8) is 0 Å². The van der Waals surface area contributed by atoms with Gasteiger partial charge >= 0.3 is 0 Å².